The molecule has 0 spiro atoms. The van der Waals surface area contributed by atoms with Gasteiger partial charge in [-0.2, -0.15) is 0 Å². The lowest BCUT2D eigenvalue weighted by atomic mass is 9.95. The first kappa shape index (κ1) is 61.3. The van der Waals surface area contributed by atoms with Gasteiger partial charge in [0.1, 0.15) is 15.4 Å². The number of nitrogens with two attached hydrogens (primary N) is 2. The van der Waals surface area contributed by atoms with Crippen molar-refractivity contribution in [2.24, 2.45) is 21.5 Å². The van der Waals surface area contributed by atoms with Gasteiger partial charge in [0.2, 0.25) is 11.9 Å². The number of carboxylic acid groups (broad SMARTS) is 1. The molecule has 2 aromatic carbocycles. The van der Waals surface area contributed by atoms with Crippen molar-refractivity contribution in [2.75, 3.05) is 24.7 Å². The maximum atomic E-state index is 13.1. The van der Waals surface area contributed by atoms with Crippen molar-refractivity contribution < 1.29 is 24.2 Å². The largest absolute Gasteiger partial charge is 0.477 e. The molecule has 4 aromatic heterocycles. The maximum absolute atomic E-state index is 13.1. The number of thiazole rings is 2. The Labute approximate surface area is 477 Å². The van der Waals surface area contributed by atoms with Gasteiger partial charge < -0.3 is 42.6 Å². The first-order chi connectivity index (χ1) is 38.0. The number of carbonyl (C=O) groups excluding carboxylic acids is 2. The van der Waals surface area contributed by atoms with E-state index in [1.54, 1.807) is 45.1 Å². The molecule has 2 amide bonds. The van der Waals surface area contributed by atoms with E-state index in [1.165, 1.54) is 58.0 Å². The number of aromatic nitrogens is 6. The normalized spacial score (nSPS) is 15.9. The van der Waals surface area contributed by atoms with Crippen LogP contribution in [-0.2, 0) is 28.4 Å². The van der Waals surface area contributed by atoms with E-state index >= 15 is 0 Å². The summed E-state index contributed by atoms with van der Waals surface area (Å²) >= 11 is 2.71. The summed E-state index contributed by atoms with van der Waals surface area (Å²) in [6, 6.07) is 16.3. The molecule has 0 aliphatic heterocycles. The van der Waals surface area contributed by atoms with E-state index in [1.807, 2.05) is 59.7 Å². The molecule has 0 saturated heterocycles. The number of carbonyl (C=O) groups is 3. The maximum Gasteiger partial charge on any atom is 0.408 e. The third kappa shape index (κ3) is 17.8. The first-order valence-corrected chi connectivity index (χ1v) is 28.2. The Morgan fingerprint density at radius 1 is 0.637 bits per heavy atom. The fraction of sp³-hybridized carbons (Fsp3) is 0.407. The SMILES string of the molecule is CC(C)(C)c1ncc(C(=O)O)s1.CN=CC(=CN)Nc1nccc(-c2ccc3c(c2)CCCCC3NC(=O)OC(C)(C)C)n1.CN=CC(=CN)Nc1nccc(-c2ccc3c(c2)CCCCC3NC(=O)c2cnc(C(C)(C)C)s2)n1. The molecule has 0 radical (unpaired) electrons. The molecule has 6 aromatic rings. The number of aryl methyl sites for hydroxylation is 2. The number of aliphatic imine (C=N–C) groups is 2. The standard InChI is InChI=1S/C27H33N7OS.C24H32N6O2.C8H11NO2S/c1-27(2,3)25-31-16-23(36-25)24(35)33-22-8-6-5-7-17-13-18(9-10-20(17)22)21-11-12-30-26(34-21)32-19(14-28)15-29-4;1-24(2,3)32-23(31)30-21-8-6-5-7-16-13-17(9-10-19(16)21)20-11-12-27-22(29-20)28-18(14-25)15-26-4;1-8(2,3)7-9-4-5(12-7)6(10)11/h9-16,22H,5-8,28H2,1-4H3,(H,33,35)(H,30,32,34);9-15,21H,5-8,25H2,1-4H3,(H,30,31)(H,27,28,29);4H,1-3H3,(H,10,11). The van der Waals surface area contributed by atoms with Crippen molar-refractivity contribution in [2.45, 2.75) is 142 Å². The number of hydrogen-bond acceptors (Lipinski definition) is 18. The van der Waals surface area contributed by atoms with E-state index in [9.17, 15) is 14.4 Å². The van der Waals surface area contributed by atoms with E-state index in [0.29, 0.717) is 33.0 Å². The molecule has 21 heteroatoms. The van der Waals surface area contributed by atoms with Crippen LogP contribution in [-0.4, -0.2) is 85.1 Å². The van der Waals surface area contributed by atoms with Crippen LogP contribution in [0.15, 0.2) is 107 Å². The number of carboxylic acids is 1. The summed E-state index contributed by atoms with van der Waals surface area (Å²) in [5, 5.41) is 22.9. The van der Waals surface area contributed by atoms with E-state index in [2.05, 4.69) is 112 Å². The summed E-state index contributed by atoms with van der Waals surface area (Å²) in [6.07, 6.45) is 20.2. The van der Waals surface area contributed by atoms with Crippen LogP contribution < -0.4 is 32.7 Å². The minimum absolute atomic E-state index is 0.0301. The number of allylic oxidation sites excluding steroid dienone is 2. The second kappa shape index (κ2) is 27.8. The average Bonchev–Trinajstić information content (AvgIpc) is 4.10. The van der Waals surface area contributed by atoms with Gasteiger partial charge in [-0.15, -0.1) is 22.7 Å². The van der Waals surface area contributed by atoms with Gasteiger partial charge in [0.05, 0.1) is 57.3 Å². The van der Waals surface area contributed by atoms with Crippen LogP contribution in [0.5, 0.6) is 0 Å². The van der Waals surface area contributed by atoms with Gasteiger partial charge in [-0.05, 0) is 106 Å². The molecule has 0 fully saturated rings. The monoisotopic (exact) mass is 1120 g/mol. The molecule has 0 bridgehead atoms. The fourth-order valence-electron chi connectivity index (χ4n) is 8.64. The van der Waals surface area contributed by atoms with Crippen LogP contribution in [0.2, 0.25) is 0 Å². The third-order valence-electron chi connectivity index (χ3n) is 12.5. The highest BCUT2D eigenvalue weighted by Gasteiger charge is 2.27. The molecular weight excluding hydrogens is 1050 g/mol. The number of hydrogen-bond donors (Lipinski definition) is 7. The smallest absolute Gasteiger partial charge is 0.408 e. The van der Waals surface area contributed by atoms with Gasteiger partial charge in [-0.1, -0.05) is 78.6 Å². The highest BCUT2D eigenvalue weighted by Crippen LogP contribution is 2.35. The van der Waals surface area contributed by atoms with Crippen molar-refractivity contribution in [3.63, 3.8) is 0 Å². The van der Waals surface area contributed by atoms with Gasteiger partial charge in [0.25, 0.3) is 5.91 Å². The molecular formula is C59H76N14O5S2. The Hall–Kier alpha value is -7.91. The molecule has 8 rings (SSSR count). The highest BCUT2D eigenvalue weighted by atomic mass is 32.1. The van der Waals surface area contributed by atoms with Crippen molar-refractivity contribution >= 4 is 65.0 Å². The minimum atomic E-state index is -0.900. The van der Waals surface area contributed by atoms with Crippen molar-refractivity contribution in [3.8, 4) is 22.5 Å². The molecule has 4 heterocycles. The second-order valence-corrected chi connectivity index (χ2v) is 24.3. The molecule has 2 unspecified atom stereocenters. The number of amides is 2. The molecule has 80 heavy (non-hydrogen) atoms. The van der Waals surface area contributed by atoms with Gasteiger partial charge >= 0.3 is 12.1 Å². The fourth-order valence-corrected chi connectivity index (χ4v) is 10.3. The van der Waals surface area contributed by atoms with Gasteiger partial charge in [0.15, 0.2) is 0 Å². The van der Waals surface area contributed by atoms with Gasteiger partial charge in [-0.25, -0.2) is 39.5 Å². The number of benzene rings is 2. The van der Waals surface area contributed by atoms with Crippen LogP contribution in [0.1, 0.15) is 165 Å². The molecule has 2 aliphatic rings. The van der Waals surface area contributed by atoms with Crippen LogP contribution in [0.3, 0.4) is 0 Å². The lowest BCUT2D eigenvalue weighted by Gasteiger charge is -2.24. The Morgan fingerprint density at radius 2 is 1.09 bits per heavy atom. The third-order valence-corrected chi connectivity index (χ3v) is 15.3. The Bertz CT molecular complexity index is 3220. The zero-order valence-electron chi connectivity index (χ0n) is 47.7. The number of aromatic carboxylic acids is 1. The second-order valence-electron chi connectivity index (χ2n) is 22.2. The molecule has 2 atom stereocenters. The predicted octanol–water partition coefficient (Wildman–Crippen LogP) is 11.5. The van der Waals surface area contributed by atoms with Gasteiger partial charge in [0, 0.05) is 73.3 Å². The molecule has 0 saturated carbocycles. The van der Waals surface area contributed by atoms with E-state index < -0.39 is 11.6 Å². The zero-order chi connectivity index (χ0) is 58.2. The minimum Gasteiger partial charge on any atom is -0.477 e. The summed E-state index contributed by atoms with van der Waals surface area (Å²) < 4.78 is 5.46. The summed E-state index contributed by atoms with van der Waals surface area (Å²) in [7, 11) is 3.34. The molecule has 424 valence electrons. The predicted molar refractivity (Wildman–Crippen MR) is 322 cm³/mol. The molecule has 9 N–H and O–H groups in total. The van der Waals surface area contributed by atoms with E-state index in [0.717, 1.165) is 89.5 Å². The van der Waals surface area contributed by atoms with Crippen LogP contribution in [0.25, 0.3) is 22.5 Å². The summed E-state index contributed by atoms with van der Waals surface area (Å²) in [6.45, 7) is 18.0. The Kier molecular flexibility index (Phi) is 21.3. The number of anilines is 2. The number of fused-ring (bicyclic) bond motifs is 2. The highest BCUT2D eigenvalue weighted by molar-refractivity contribution is 7.14. The van der Waals surface area contributed by atoms with Crippen molar-refractivity contribution in [3.05, 3.63) is 139 Å². The van der Waals surface area contributed by atoms with Crippen molar-refractivity contribution in [1.82, 2.24) is 40.5 Å². The lowest BCUT2D eigenvalue weighted by molar-refractivity contribution is 0.0500. The summed E-state index contributed by atoms with van der Waals surface area (Å²) in [4.78, 5) is 71.2. The van der Waals surface area contributed by atoms with Crippen molar-refractivity contribution in [1.29, 1.82) is 0 Å². The van der Waals surface area contributed by atoms with E-state index in [-0.39, 0.29) is 34.9 Å². The molecule has 19 nitrogen and oxygen atoms in total. The number of rotatable bonds is 12. The van der Waals surface area contributed by atoms with Crippen LogP contribution in [0, 0.1) is 0 Å². The van der Waals surface area contributed by atoms with Crippen LogP contribution in [0.4, 0.5) is 16.7 Å². The number of alkyl carbamates (subject to hydrolysis) is 1. The van der Waals surface area contributed by atoms with Gasteiger partial charge in [-0.3, -0.25) is 14.8 Å². The Morgan fingerprint density at radius 3 is 1.49 bits per heavy atom. The molecule has 2 aliphatic carbocycles. The van der Waals surface area contributed by atoms with Crippen LogP contribution >= 0.6 is 22.7 Å². The number of nitrogens with zero attached hydrogens (tertiary/aromatic N) is 8. The quantitative estimate of drug-likeness (QED) is 0.0443. The van der Waals surface area contributed by atoms with E-state index in [4.69, 9.17) is 21.3 Å². The average molecular weight is 1130 g/mol. The lowest BCUT2D eigenvalue weighted by Crippen LogP contribution is -2.35. The summed E-state index contributed by atoms with van der Waals surface area (Å²) in [5.41, 5.74) is 20.2. The Balaban J connectivity index is 0.000000215. The zero-order valence-corrected chi connectivity index (χ0v) is 49.3. The summed E-state index contributed by atoms with van der Waals surface area (Å²) in [5.74, 6) is -0.0688. The topological polar surface area (TPSA) is 283 Å². The first-order valence-electron chi connectivity index (χ1n) is 26.6. The number of ether oxygens (including phenoxy) is 1. The number of nitrogens with one attached hydrogen (secondary N) is 4.